The Morgan fingerprint density at radius 3 is 1.05 bits per heavy atom. The van der Waals surface area contributed by atoms with Crippen LogP contribution in [-0.4, -0.2) is 18.7 Å². The zero-order valence-electron chi connectivity index (χ0n) is 80.1. The molecule has 6 aromatic heterocycles. The van der Waals surface area contributed by atoms with Crippen LogP contribution in [0.3, 0.4) is 0 Å². The maximum absolute atomic E-state index is 6.64. The number of hydrogen-bond acceptors (Lipinski definition) is 9. The molecule has 0 spiro atoms. The first-order valence-electron chi connectivity index (χ1n) is 49.3. The summed E-state index contributed by atoms with van der Waals surface area (Å²) < 4.78 is 36.2. The molecule has 0 fully saturated rings. The van der Waals surface area contributed by atoms with E-state index in [0.717, 1.165) is 141 Å². The van der Waals surface area contributed by atoms with Crippen LogP contribution in [0.2, 0.25) is 0 Å². The smallest absolute Gasteiger partial charge is 0.159 e. The fourth-order valence-corrected chi connectivity index (χ4v) is 24.1. The number of para-hydroxylation sites is 12. The monoisotopic (exact) mass is 1870 g/mol. The molecule has 3 aliphatic rings. The molecule has 0 N–H and O–H groups in total. The third kappa shape index (κ3) is 13.9. The number of ether oxygens (including phenoxy) is 3. The summed E-state index contributed by atoms with van der Waals surface area (Å²) in [7, 11) is 0. The molecule has 0 unspecified atom stereocenters. The Balaban J connectivity index is 0.000000108. The van der Waals surface area contributed by atoms with Gasteiger partial charge in [-0.2, -0.15) is 0 Å². The second kappa shape index (κ2) is 33.7. The quantitative estimate of drug-likeness (QED) is 0.120. The fourth-order valence-electron chi connectivity index (χ4n) is 23.0. The molecule has 12 heteroatoms. The van der Waals surface area contributed by atoms with Gasteiger partial charge in [-0.15, -0.1) is 11.3 Å². The van der Waals surface area contributed by atoms with Crippen molar-refractivity contribution in [3.63, 3.8) is 0 Å². The largest absolute Gasteiger partial charge is 0.457 e. The summed E-state index contributed by atoms with van der Waals surface area (Å²) >= 11 is 1.85. The van der Waals surface area contributed by atoms with Crippen molar-refractivity contribution in [2.75, 3.05) is 14.7 Å². The standard InChI is InChI=1S/C45H32N2O2.C45H32N2OS.C42H31N3O/c1-45(2)36-18-8-11-22-42(36)48-43-28-31(23-25-37(43)45)46(40-20-12-17-34-33-16-7-10-21-41(33)49-44(34)40)30-24-26-39-35(27-30)32-15-6-9-19-38(32)47(39)29-13-4-3-5-14-29;1-45(2)37-16-8-10-18-41(37)48-42-27-31(21-24-38(42)45)46(32-20-23-35-34-15-7-11-19-43(34)49-44(35)28-32)30-22-25-40-36(26-30)33-14-6-9-17-39(33)47(40)29-12-4-3-5-13-29;1-42(2)34-17-7-9-20-39(34)46-40-27-31(21-23-35(40)42)44(38-19-10-12-28-13-11-25-43-41(28)38)30-22-24-37-33(26-30)32-16-6-8-18-36(32)45(37)29-14-4-3-5-15-29/h2*3-28H,1-2H3;3-27H,1-2H3. The highest BCUT2D eigenvalue weighted by Crippen LogP contribution is 2.57. The Kier molecular flexibility index (Phi) is 19.9. The van der Waals surface area contributed by atoms with Crippen LogP contribution >= 0.6 is 11.3 Å². The molecule has 0 bridgehead atoms. The van der Waals surface area contributed by atoms with Gasteiger partial charge in [-0.1, -0.05) is 296 Å². The fraction of sp³-hybridized carbons (Fsp3) is 0.0682. The van der Waals surface area contributed by atoms with Gasteiger partial charge in [-0.05, 0) is 188 Å². The van der Waals surface area contributed by atoms with E-state index in [-0.39, 0.29) is 16.2 Å². The van der Waals surface area contributed by atoms with Crippen molar-refractivity contribution in [2.24, 2.45) is 0 Å². The molecule has 9 heterocycles. The summed E-state index contributed by atoms with van der Waals surface area (Å²) in [5.41, 5.74) is 29.1. The van der Waals surface area contributed by atoms with Crippen molar-refractivity contribution in [3.05, 3.63) is 501 Å². The van der Waals surface area contributed by atoms with Crippen LogP contribution < -0.4 is 28.9 Å². The van der Waals surface area contributed by atoms with E-state index in [2.05, 4.69) is 501 Å². The van der Waals surface area contributed by atoms with Gasteiger partial charge in [0.2, 0.25) is 0 Å². The highest BCUT2D eigenvalue weighted by molar-refractivity contribution is 7.25. The van der Waals surface area contributed by atoms with Crippen molar-refractivity contribution < 1.29 is 18.6 Å². The molecule has 688 valence electrons. The Hall–Kier alpha value is -18.0. The van der Waals surface area contributed by atoms with Crippen LogP contribution in [0.1, 0.15) is 74.9 Å². The molecule has 144 heavy (non-hydrogen) atoms. The van der Waals surface area contributed by atoms with E-state index in [1.54, 1.807) is 0 Å². The zero-order chi connectivity index (χ0) is 96.2. The van der Waals surface area contributed by atoms with Gasteiger partial charge in [-0.25, -0.2) is 0 Å². The predicted molar refractivity (Wildman–Crippen MR) is 598 cm³/mol. The first kappa shape index (κ1) is 85.2. The Morgan fingerprint density at radius 1 is 0.229 bits per heavy atom. The second-order valence-electron chi connectivity index (χ2n) is 39.3. The minimum atomic E-state index is -0.204. The van der Waals surface area contributed by atoms with Crippen LogP contribution in [0.5, 0.6) is 34.5 Å². The van der Waals surface area contributed by atoms with Crippen LogP contribution in [0.25, 0.3) is 135 Å². The molecule has 11 nitrogen and oxygen atoms in total. The van der Waals surface area contributed by atoms with Crippen molar-refractivity contribution in [1.29, 1.82) is 0 Å². The molecule has 0 saturated heterocycles. The van der Waals surface area contributed by atoms with Crippen LogP contribution in [-0.2, 0) is 16.2 Å². The maximum atomic E-state index is 6.64. The Morgan fingerprint density at radius 2 is 0.562 bits per heavy atom. The molecule has 0 amide bonds. The number of pyridine rings is 1. The van der Waals surface area contributed by atoms with Gasteiger partial charge in [0.15, 0.2) is 5.58 Å². The number of fused-ring (bicyclic) bond motifs is 22. The molecule has 3 aliphatic heterocycles. The van der Waals surface area contributed by atoms with E-state index >= 15 is 0 Å². The number of anilines is 9. The van der Waals surface area contributed by atoms with E-state index in [4.69, 9.17) is 23.6 Å². The first-order valence-corrected chi connectivity index (χ1v) is 50.1. The van der Waals surface area contributed by atoms with Gasteiger partial charge in [0.05, 0.1) is 50.0 Å². The minimum Gasteiger partial charge on any atom is -0.457 e. The van der Waals surface area contributed by atoms with Crippen molar-refractivity contribution in [3.8, 4) is 51.6 Å². The number of benzene rings is 20. The lowest BCUT2D eigenvalue weighted by atomic mass is 9.76. The summed E-state index contributed by atoms with van der Waals surface area (Å²) in [6, 6.07) is 164. The van der Waals surface area contributed by atoms with Crippen molar-refractivity contribution in [2.45, 2.75) is 57.8 Å². The molecule has 0 radical (unpaired) electrons. The lowest BCUT2D eigenvalue weighted by Crippen LogP contribution is -2.24. The normalized spacial score (nSPS) is 13.4. The highest BCUT2D eigenvalue weighted by Gasteiger charge is 2.39. The number of hydrogen-bond donors (Lipinski definition) is 0. The summed E-state index contributed by atoms with van der Waals surface area (Å²) in [6.07, 6.45) is 1.87. The molecular weight excluding hydrogens is 1780 g/mol. The molecule has 0 saturated carbocycles. The Labute approximate surface area is 837 Å². The summed E-state index contributed by atoms with van der Waals surface area (Å²) in [4.78, 5) is 11.9. The lowest BCUT2D eigenvalue weighted by Gasteiger charge is -2.35. The van der Waals surface area contributed by atoms with Crippen molar-refractivity contribution in [1.82, 2.24) is 18.7 Å². The number of furan rings is 1. The van der Waals surface area contributed by atoms with Crippen LogP contribution in [0, 0.1) is 0 Å². The van der Waals surface area contributed by atoms with Crippen molar-refractivity contribution >= 4 is 181 Å². The predicted octanol–water partition coefficient (Wildman–Crippen LogP) is 36.9. The summed E-state index contributed by atoms with van der Waals surface area (Å²) in [5.74, 6) is 5.37. The SMILES string of the molecule is CC1(C)c2ccccc2Oc2cc(N(c3ccc4c(c3)c3ccccc3n4-c3ccccc3)c3cccc4c3oc3ccccc34)ccc21.CC1(C)c2ccccc2Oc2cc(N(c3ccc4c(c3)c3ccccc3n4-c3ccccc3)c3cccc4cccnc34)ccc21.CC1(C)c2ccccc2Oc2cc(N(c3ccc4c(c3)sc3ccccc34)c3ccc4c(c3)c3ccccc3n4-c3ccccc3)ccc21. The third-order valence-electron chi connectivity index (χ3n) is 29.9. The number of thiophene rings is 1. The number of nitrogens with zero attached hydrogens (tertiary/aromatic N) is 7. The van der Waals surface area contributed by atoms with Gasteiger partial charge in [0.1, 0.15) is 40.1 Å². The van der Waals surface area contributed by atoms with E-state index in [1.807, 2.05) is 47.9 Å². The summed E-state index contributed by atoms with van der Waals surface area (Å²) in [6.45, 7) is 13.7. The molecular formula is C132H95N7O4S. The van der Waals surface area contributed by atoms with Gasteiger partial charge < -0.3 is 47.0 Å². The summed E-state index contributed by atoms with van der Waals surface area (Å²) in [5, 5.41) is 13.1. The first-order chi connectivity index (χ1) is 70.7. The molecule has 0 atom stereocenters. The average molecular weight is 1880 g/mol. The topological polar surface area (TPSA) is 78.2 Å². The highest BCUT2D eigenvalue weighted by atomic mass is 32.1. The third-order valence-corrected chi connectivity index (χ3v) is 31.0. The van der Waals surface area contributed by atoms with E-state index < -0.39 is 0 Å². The minimum absolute atomic E-state index is 0.179. The van der Waals surface area contributed by atoms with Crippen LogP contribution in [0.4, 0.5) is 51.2 Å². The van der Waals surface area contributed by atoms with Gasteiger partial charge in [0, 0.05) is 200 Å². The number of aromatic nitrogens is 4. The molecule has 20 aromatic carbocycles. The molecule has 26 aromatic rings. The Bertz CT molecular complexity index is 9660. The van der Waals surface area contributed by atoms with E-state index in [9.17, 15) is 0 Å². The van der Waals surface area contributed by atoms with Gasteiger partial charge >= 0.3 is 0 Å². The number of rotatable bonds is 12. The van der Waals surface area contributed by atoms with E-state index in [1.165, 1.54) is 113 Å². The molecule has 0 aliphatic carbocycles. The van der Waals surface area contributed by atoms with Gasteiger partial charge in [-0.3, -0.25) is 4.98 Å². The lowest BCUT2D eigenvalue weighted by molar-refractivity contribution is 0.418. The zero-order valence-corrected chi connectivity index (χ0v) is 80.9. The average Bonchev–Trinajstić information content (AvgIpc) is 1.38. The van der Waals surface area contributed by atoms with Gasteiger partial charge in [0.25, 0.3) is 0 Å². The maximum Gasteiger partial charge on any atom is 0.159 e. The van der Waals surface area contributed by atoms with E-state index in [0.29, 0.717) is 0 Å². The molecule has 29 rings (SSSR count). The van der Waals surface area contributed by atoms with Crippen LogP contribution in [0.15, 0.2) is 472 Å². The second-order valence-corrected chi connectivity index (χ2v) is 40.4.